The first-order valence-electron chi connectivity index (χ1n) is 6.58. The van der Waals surface area contributed by atoms with Crippen molar-refractivity contribution in [3.63, 3.8) is 0 Å². The average Bonchev–Trinajstić information content (AvgIpc) is 2.35. The monoisotopic (exact) mass is 298 g/mol. The zero-order chi connectivity index (χ0) is 15.1. The second-order valence-electron chi connectivity index (χ2n) is 4.93. The molecule has 0 aliphatic rings. The van der Waals surface area contributed by atoms with Gasteiger partial charge in [-0.25, -0.2) is 4.79 Å². The van der Waals surface area contributed by atoms with Crippen molar-refractivity contribution >= 4 is 23.5 Å². The fraction of sp³-hybridized carbons (Fsp3) is 0.429. The van der Waals surface area contributed by atoms with Gasteiger partial charge in [-0.2, -0.15) is 0 Å². The van der Waals surface area contributed by atoms with E-state index < -0.39 is 6.03 Å². The minimum Gasteiger partial charge on any atom is -0.336 e. The van der Waals surface area contributed by atoms with Gasteiger partial charge in [0.15, 0.2) is 6.54 Å². The van der Waals surface area contributed by atoms with Crippen molar-refractivity contribution < 1.29 is 14.9 Å². The van der Waals surface area contributed by atoms with E-state index in [0.29, 0.717) is 5.02 Å². The number of nitrogens with two attached hydrogens (primary N) is 1. The van der Waals surface area contributed by atoms with E-state index in [1.165, 1.54) is 0 Å². The molecule has 1 aromatic carbocycles. The second-order valence-corrected chi connectivity index (χ2v) is 5.33. The van der Waals surface area contributed by atoms with Crippen molar-refractivity contribution in [2.45, 2.75) is 32.9 Å². The number of quaternary nitrogens is 1. The van der Waals surface area contributed by atoms with E-state index in [1.54, 1.807) is 0 Å². The average molecular weight is 299 g/mol. The van der Waals surface area contributed by atoms with Crippen LogP contribution in [-0.2, 0) is 4.79 Å². The molecule has 3 amide bonds. The first-order valence-corrected chi connectivity index (χ1v) is 6.96. The van der Waals surface area contributed by atoms with Crippen LogP contribution >= 0.6 is 11.6 Å². The molecule has 0 radical (unpaired) electrons. The molecule has 0 fully saturated rings. The van der Waals surface area contributed by atoms with Gasteiger partial charge in [0, 0.05) is 16.6 Å². The summed E-state index contributed by atoms with van der Waals surface area (Å²) in [6.07, 6.45) is 0. The molecule has 0 saturated heterocycles. The third-order valence-electron chi connectivity index (χ3n) is 2.73. The van der Waals surface area contributed by atoms with E-state index in [0.717, 1.165) is 5.56 Å². The lowest BCUT2D eigenvalue weighted by atomic mass is 10.1. The molecular weight excluding hydrogens is 278 g/mol. The standard InChI is InChI=1S/C14H20ClN3O2/c1-9(2)17-14(20)18-13(19)8-16-10(3)11-6-4-5-7-12(11)15/h4-7,9-10,16H,8H2,1-3H3,(H2,17,18,19,20)/p+1/t10-/m1/s1. The molecule has 1 rings (SSSR count). The summed E-state index contributed by atoms with van der Waals surface area (Å²) in [7, 11) is 0. The largest absolute Gasteiger partial charge is 0.336 e. The third-order valence-corrected chi connectivity index (χ3v) is 3.07. The third kappa shape index (κ3) is 5.59. The number of rotatable bonds is 5. The summed E-state index contributed by atoms with van der Waals surface area (Å²) in [6, 6.07) is 7.08. The number of urea groups is 1. The Labute approximate surface area is 124 Å². The van der Waals surface area contributed by atoms with Crippen LogP contribution in [0.4, 0.5) is 4.79 Å². The predicted octanol–water partition coefficient (Wildman–Crippen LogP) is 1.20. The number of benzene rings is 1. The Morgan fingerprint density at radius 1 is 1.25 bits per heavy atom. The van der Waals surface area contributed by atoms with Gasteiger partial charge in [0.2, 0.25) is 0 Å². The van der Waals surface area contributed by atoms with Gasteiger partial charge in [-0.05, 0) is 26.8 Å². The highest BCUT2D eigenvalue weighted by atomic mass is 35.5. The lowest BCUT2D eigenvalue weighted by Gasteiger charge is -2.13. The van der Waals surface area contributed by atoms with E-state index >= 15 is 0 Å². The highest BCUT2D eigenvalue weighted by Crippen LogP contribution is 2.19. The molecule has 5 nitrogen and oxygen atoms in total. The summed E-state index contributed by atoms with van der Waals surface area (Å²) in [6.45, 7) is 5.78. The van der Waals surface area contributed by atoms with Crippen molar-refractivity contribution in [1.82, 2.24) is 10.6 Å². The lowest BCUT2D eigenvalue weighted by molar-refractivity contribution is -0.682. The van der Waals surface area contributed by atoms with Gasteiger partial charge in [-0.3, -0.25) is 10.1 Å². The SMILES string of the molecule is CC(C)NC(=O)NC(=O)C[NH2+][C@H](C)c1ccccc1Cl. The maximum Gasteiger partial charge on any atom is 0.321 e. The van der Waals surface area contributed by atoms with Gasteiger partial charge in [0.1, 0.15) is 6.04 Å². The molecular formula is C14H21ClN3O2+. The number of amides is 3. The van der Waals surface area contributed by atoms with Crippen LogP contribution in [0.15, 0.2) is 24.3 Å². The maximum absolute atomic E-state index is 11.6. The van der Waals surface area contributed by atoms with Gasteiger partial charge in [-0.15, -0.1) is 0 Å². The minimum absolute atomic E-state index is 0.00571. The highest BCUT2D eigenvalue weighted by Gasteiger charge is 2.15. The Bertz CT molecular complexity index is 477. The van der Waals surface area contributed by atoms with E-state index in [-0.39, 0.29) is 24.5 Å². The summed E-state index contributed by atoms with van der Waals surface area (Å²) in [4.78, 5) is 23.0. The van der Waals surface area contributed by atoms with Crippen LogP contribution in [-0.4, -0.2) is 24.5 Å². The van der Waals surface area contributed by atoms with E-state index in [4.69, 9.17) is 11.6 Å². The van der Waals surface area contributed by atoms with E-state index in [9.17, 15) is 9.59 Å². The van der Waals surface area contributed by atoms with Crippen LogP contribution in [0.25, 0.3) is 0 Å². The lowest BCUT2D eigenvalue weighted by Crippen LogP contribution is -2.87. The number of hydrogen-bond acceptors (Lipinski definition) is 2. The quantitative estimate of drug-likeness (QED) is 0.764. The Kier molecular flexibility index (Phi) is 6.48. The van der Waals surface area contributed by atoms with Crippen molar-refractivity contribution in [3.8, 4) is 0 Å². The molecule has 0 aromatic heterocycles. The normalized spacial score (nSPS) is 12.1. The molecule has 0 heterocycles. The fourth-order valence-corrected chi connectivity index (χ4v) is 2.04. The smallest absolute Gasteiger partial charge is 0.321 e. The van der Waals surface area contributed by atoms with Crippen LogP contribution < -0.4 is 16.0 Å². The van der Waals surface area contributed by atoms with Gasteiger partial charge < -0.3 is 10.6 Å². The maximum atomic E-state index is 11.6. The summed E-state index contributed by atoms with van der Waals surface area (Å²) in [5.41, 5.74) is 0.966. The number of carbonyl (C=O) groups excluding carboxylic acids is 2. The summed E-state index contributed by atoms with van der Waals surface area (Å²) in [5.74, 6) is -0.331. The molecule has 0 aliphatic carbocycles. The molecule has 1 aromatic rings. The van der Waals surface area contributed by atoms with Crippen molar-refractivity contribution in [2.75, 3.05) is 6.54 Å². The zero-order valence-corrected chi connectivity index (χ0v) is 12.7. The Morgan fingerprint density at radius 3 is 2.50 bits per heavy atom. The second kappa shape index (κ2) is 7.87. The topological polar surface area (TPSA) is 74.8 Å². The summed E-state index contributed by atoms with van der Waals surface area (Å²) < 4.78 is 0. The number of imide groups is 1. The van der Waals surface area contributed by atoms with Crippen LogP contribution in [0.5, 0.6) is 0 Å². The Morgan fingerprint density at radius 2 is 1.90 bits per heavy atom. The molecule has 110 valence electrons. The van der Waals surface area contributed by atoms with E-state index in [2.05, 4.69) is 10.6 Å². The molecule has 4 N–H and O–H groups in total. The molecule has 0 saturated carbocycles. The van der Waals surface area contributed by atoms with Crippen molar-refractivity contribution in [1.29, 1.82) is 0 Å². The van der Waals surface area contributed by atoms with Crippen LogP contribution in [0, 0.1) is 0 Å². The first kappa shape index (κ1) is 16.5. The van der Waals surface area contributed by atoms with Crippen molar-refractivity contribution in [3.05, 3.63) is 34.9 Å². The minimum atomic E-state index is -0.469. The summed E-state index contributed by atoms with van der Waals surface area (Å²) >= 11 is 6.09. The predicted molar refractivity (Wildman–Crippen MR) is 78.5 cm³/mol. The molecule has 0 aliphatic heterocycles. The molecule has 20 heavy (non-hydrogen) atoms. The van der Waals surface area contributed by atoms with Crippen LogP contribution in [0.1, 0.15) is 32.4 Å². The number of halogens is 1. The van der Waals surface area contributed by atoms with Crippen LogP contribution in [0.2, 0.25) is 5.02 Å². The van der Waals surface area contributed by atoms with Crippen molar-refractivity contribution in [2.24, 2.45) is 0 Å². The molecule has 6 heteroatoms. The number of carbonyl (C=O) groups is 2. The zero-order valence-electron chi connectivity index (χ0n) is 11.9. The highest BCUT2D eigenvalue weighted by molar-refractivity contribution is 6.31. The number of nitrogens with one attached hydrogen (secondary N) is 2. The van der Waals surface area contributed by atoms with Gasteiger partial charge in [0.05, 0.1) is 0 Å². The van der Waals surface area contributed by atoms with E-state index in [1.807, 2.05) is 50.4 Å². The summed E-state index contributed by atoms with van der Waals surface area (Å²) in [5, 5.41) is 7.38. The van der Waals surface area contributed by atoms with Gasteiger partial charge in [-0.1, -0.05) is 29.8 Å². The molecule has 0 unspecified atom stereocenters. The Balaban J connectivity index is 2.41. The van der Waals surface area contributed by atoms with Crippen LogP contribution in [0.3, 0.4) is 0 Å². The van der Waals surface area contributed by atoms with Gasteiger partial charge >= 0.3 is 6.03 Å². The molecule has 1 atom stereocenters. The molecule has 0 bridgehead atoms. The first-order chi connectivity index (χ1) is 9.40. The number of hydrogen-bond donors (Lipinski definition) is 3. The Hall–Kier alpha value is -1.59. The molecule has 0 spiro atoms. The fourth-order valence-electron chi connectivity index (χ4n) is 1.73. The van der Waals surface area contributed by atoms with Gasteiger partial charge in [0.25, 0.3) is 5.91 Å².